The third-order valence-corrected chi connectivity index (χ3v) is 3.53. The van der Waals surface area contributed by atoms with E-state index in [2.05, 4.69) is 15.6 Å². The molecule has 84 valence electrons. The number of aliphatic hydroxyl groups excluding tert-OH is 1. The van der Waals surface area contributed by atoms with E-state index < -0.39 is 0 Å². The molecule has 3 nitrogen and oxygen atoms in total. The van der Waals surface area contributed by atoms with Crippen LogP contribution in [0, 0.1) is 0 Å². The number of rotatable bonds is 1. The first kappa shape index (κ1) is 9.85. The van der Waals surface area contributed by atoms with Crippen LogP contribution in [-0.2, 0) is 0 Å². The lowest BCUT2D eigenvalue weighted by molar-refractivity contribution is 0.0773. The number of aromatic nitrogens is 2. The minimum Gasteiger partial charge on any atom is -0.391 e. The summed E-state index contributed by atoms with van der Waals surface area (Å²) >= 11 is 0. The standard InChI is InChI=1S/C13H16N2O/c16-13-8-4-3-7-12(13)15-9-14-10-5-1-2-6-11(10)15/h1-2,5-6,9,12-13,16H,3-4,7-8H2/t12?,13-/m0/s1. The van der Waals surface area contributed by atoms with Gasteiger partial charge in [0.1, 0.15) is 0 Å². The van der Waals surface area contributed by atoms with Gasteiger partial charge >= 0.3 is 0 Å². The van der Waals surface area contributed by atoms with Crippen molar-refractivity contribution in [3.05, 3.63) is 30.6 Å². The van der Waals surface area contributed by atoms with Gasteiger partial charge in [-0.2, -0.15) is 0 Å². The summed E-state index contributed by atoms with van der Waals surface area (Å²) in [5.41, 5.74) is 2.15. The number of aliphatic hydroxyl groups is 1. The molecule has 2 atom stereocenters. The highest BCUT2D eigenvalue weighted by Gasteiger charge is 2.25. The molecule has 1 aromatic carbocycles. The molecule has 0 aliphatic heterocycles. The minimum absolute atomic E-state index is 0.209. The van der Waals surface area contributed by atoms with Crippen LogP contribution in [0.3, 0.4) is 0 Å². The van der Waals surface area contributed by atoms with Crippen LogP contribution in [-0.4, -0.2) is 20.8 Å². The molecule has 0 saturated heterocycles. The predicted molar refractivity (Wildman–Crippen MR) is 63.2 cm³/mol. The van der Waals surface area contributed by atoms with Crippen molar-refractivity contribution in [2.75, 3.05) is 0 Å². The van der Waals surface area contributed by atoms with E-state index in [4.69, 9.17) is 0 Å². The Bertz CT molecular complexity index is 491. The Morgan fingerprint density at radius 2 is 2.00 bits per heavy atom. The summed E-state index contributed by atoms with van der Waals surface area (Å²) in [6.45, 7) is 0. The van der Waals surface area contributed by atoms with Crippen molar-refractivity contribution in [3.8, 4) is 0 Å². The summed E-state index contributed by atoms with van der Waals surface area (Å²) in [6.07, 6.45) is 5.97. The molecule has 16 heavy (non-hydrogen) atoms. The van der Waals surface area contributed by atoms with Crippen LogP contribution in [0.2, 0.25) is 0 Å². The molecule has 0 radical (unpaired) electrons. The van der Waals surface area contributed by atoms with Crippen LogP contribution in [0.5, 0.6) is 0 Å². The largest absolute Gasteiger partial charge is 0.391 e. The molecule has 0 spiro atoms. The minimum atomic E-state index is -0.216. The molecule has 3 rings (SSSR count). The number of imidazole rings is 1. The Balaban J connectivity index is 2.04. The Morgan fingerprint density at radius 3 is 2.88 bits per heavy atom. The third-order valence-electron chi connectivity index (χ3n) is 3.53. The van der Waals surface area contributed by atoms with Crippen molar-refractivity contribution in [1.82, 2.24) is 9.55 Å². The van der Waals surface area contributed by atoms with E-state index in [1.54, 1.807) is 0 Å². The molecule has 1 aliphatic carbocycles. The lowest BCUT2D eigenvalue weighted by Crippen LogP contribution is -2.27. The first-order chi connectivity index (χ1) is 7.86. The van der Waals surface area contributed by atoms with Crippen LogP contribution < -0.4 is 0 Å². The number of hydrogen-bond acceptors (Lipinski definition) is 2. The van der Waals surface area contributed by atoms with E-state index in [1.165, 1.54) is 6.42 Å². The van der Waals surface area contributed by atoms with E-state index in [0.29, 0.717) is 0 Å². The van der Waals surface area contributed by atoms with Gasteiger partial charge in [-0.3, -0.25) is 0 Å². The van der Waals surface area contributed by atoms with E-state index in [0.717, 1.165) is 30.3 Å². The third kappa shape index (κ3) is 1.52. The molecular weight excluding hydrogens is 200 g/mol. The van der Waals surface area contributed by atoms with Gasteiger partial charge in [-0.15, -0.1) is 0 Å². The molecule has 1 fully saturated rings. The monoisotopic (exact) mass is 216 g/mol. The molecule has 1 N–H and O–H groups in total. The Hall–Kier alpha value is -1.35. The zero-order valence-corrected chi connectivity index (χ0v) is 9.21. The second kappa shape index (κ2) is 3.91. The highest BCUT2D eigenvalue weighted by Crippen LogP contribution is 2.30. The molecule has 1 saturated carbocycles. The van der Waals surface area contributed by atoms with E-state index in [1.807, 2.05) is 24.5 Å². The molecule has 3 heteroatoms. The number of benzene rings is 1. The SMILES string of the molecule is O[C@H]1CCCCC1n1cnc2ccccc21. The fourth-order valence-electron chi connectivity index (χ4n) is 2.66. The first-order valence-corrected chi connectivity index (χ1v) is 5.96. The summed E-state index contributed by atoms with van der Waals surface area (Å²) < 4.78 is 2.14. The smallest absolute Gasteiger partial charge is 0.0961 e. The second-order valence-corrected chi connectivity index (χ2v) is 4.56. The molecule has 0 bridgehead atoms. The van der Waals surface area contributed by atoms with Crippen LogP contribution >= 0.6 is 0 Å². The summed E-state index contributed by atoms with van der Waals surface area (Å²) in [5.74, 6) is 0. The van der Waals surface area contributed by atoms with E-state index in [9.17, 15) is 5.11 Å². The molecule has 1 aromatic heterocycles. The summed E-state index contributed by atoms with van der Waals surface area (Å²) in [5, 5.41) is 10.1. The van der Waals surface area contributed by atoms with Gasteiger partial charge in [0.15, 0.2) is 0 Å². The van der Waals surface area contributed by atoms with Crippen LogP contribution in [0.15, 0.2) is 30.6 Å². The number of nitrogens with zero attached hydrogens (tertiary/aromatic N) is 2. The lowest BCUT2D eigenvalue weighted by Gasteiger charge is -2.29. The Labute approximate surface area is 94.7 Å². The Kier molecular flexibility index (Phi) is 2.40. The number of fused-ring (bicyclic) bond motifs is 1. The van der Waals surface area contributed by atoms with Crippen molar-refractivity contribution in [2.24, 2.45) is 0 Å². The van der Waals surface area contributed by atoms with Gasteiger partial charge in [0.05, 0.1) is 29.5 Å². The summed E-state index contributed by atoms with van der Waals surface area (Å²) in [4.78, 5) is 4.38. The Morgan fingerprint density at radius 1 is 1.19 bits per heavy atom. The van der Waals surface area contributed by atoms with Crippen molar-refractivity contribution in [1.29, 1.82) is 0 Å². The maximum Gasteiger partial charge on any atom is 0.0961 e. The van der Waals surface area contributed by atoms with Crippen molar-refractivity contribution in [3.63, 3.8) is 0 Å². The highest BCUT2D eigenvalue weighted by molar-refractivity contribution is 5.75. The van der Waals surface area contributed by atoms with Crippen molar-refractivity contribution in [2.45, 2.75) is 37.8 Å². The predicted octanol–water partition coefficient (Wildman–Crippen LogP) is 2.51. The van der Waals surface area contributed by atoms with Crippen LogP contribution in [0.4, 0.5) is 0 Å². The maximum atomic E-state index is 10.1. The van der Waals surface area contributed by atoms with Gasteiger partial charge in [0.25, 0.3) is 0 Å². The van der Waals surface area contributed by atoms with Gasteiger partial charge in [-0.25, -0.2) is 4.98 Å². The van der Waals surface area contributed by atoms with Gasteiger partial charge in [-0.05, 0) is 25.0 Å². The van der Waals surface area contributed by atoms with E-state index in [-0.39, 0.29) is 12.1 Å². The molecule has 1 heterocycles. The quantitative estimate of drug-likeness (QED) is 0.795. The summed E-state index contributed by atoms with van der Waals surface area (Å²) in [6, 6.07) is 8.32. The first-order valence-electron chi connectivity index (χ1n) is 5.96. The molecule has 0 amide bonds. The van der Waals surface area contributed by atoms with E-state index >= 15 is 0 Å². The number of hydrogen-bond donors (Lipinski definition) is 1. The van der Waals surface area contributed by atoms with Crippen molar-refractivity contribution < 1.29 is 5.11 Å². The van der Waals surface area contributed by atoms with Crippen LogP contribution in [0.25, 0.3) is 11.0 Å². The lowest BCUT2D eigenvalue weighted by atomic mass is 9.92. The number of para-hydroxylation sites is 2. The zero-order chi connectivity index (χ0) is 11.0. The summed E-state index contributed by atoms with van der Waals surface area (Å²) in [7, 11) is 0. The molecule has 1 aliphatic rings. The fraction of sp³-hybridized carbons (Fsp3) is 0.462. The fourth-order valence-corrected chi connectivity index (χ4v) is 2.66. The van der Waals surface area contributed by atoms with Gasteiger partial charge in [0, 0.05) is 0 Å². The average molecular weight is 216 g/mol. The van der Waals surface area contributed by atoms with Crippen LogP contribution in [0.1, 0.15) is 31.7 Å². The zero-order valence-electron chi connectivity index (χ0n) is 9.21. The maximum absolute atomic E-state index is 10.1. The average Bonchev–Trinajstić information content (AvgIpc) is 2.74. The molecular formula is C13H16N2O. The van der Waals surface area contributed by atoms with Gasteiger partial charge in [0.2, 0.25) is 0 Å². The highest BCUT2D eigenvalue weighted by atomic mass is 16.3. The topological polar surface area (TPSA) is 38.0 Å². The van der Waals surface area contributed by atoms with Gasteiger partial charge in [-0.1, -0.05) is 25.0 Å². The molecule has 1 unspecified atom stereocenters. The normalized spacial score (nSPS) is 26.1. The second-order valence-electron chi connectivity index (χ2n) is 4.56. The van der Waals surface area contributed by atoms with Gasteiger partial charge < -0.3 is 9.67 Å². The molecule has 2 aromatic rings. The van der Waals surface area contributed by atoms with Crippen molar-refractivity contribution >= 4 is 11.0 Å².